The summed E-state index contributed by atoms with van der Waals surface area (Å²) in [6.45, 7) is 2.41. The fourth-order valence-electron chi connectivity index (χ4n) is 1.50. The van der Waals surface area contributed by atoms with Gasteiger partial charge in [-0.1, -0.05) is 11.6 Å². The fourth-order valence-corrected chi connectivity index (χ4v) is 2.06. The minimum Gasteiger partial charge on any atom is -0.478 e. The van der Waals surface area contributed by atoms with E-state index >= 15 is 0 Å². The summed E-state index contributed by atoms with van der Waals surface area (Å²) in [4.78, 5) is 15.2. The molecule has 1 aromatic carbocycles. The molecule has 0 saturated heterocycles. The first-order valence-electron chi connectivity index (χ1n) is 5.13. The molecule has 0 atom stereocenters. The molecule has 0 amide bonds. The second-order valence-corrected chi connectivity index (χ2v) is 4.61. The van der Waals surface area contributed by atoms with E-state index < -0.39 is 5.97 Å². The standard InChI is InChI=1S/C12H12N2O2S/c1-8-2-3-10(9(6-8)12(15)16)14-7-11-13-4-5-17-11/h2-6,14H,7H2,1H3,(H,15,16). The number of nitrogens with zero attached hydrogens (tertiary/aromatic N) is 1. The van der Waals surface area contributed by atoms with Crippen LogP contribution >= 0.6 is 11.3 Å². The van der Waals surface area contributed by atoms with Crippen LogP contribution in [0, 0.1) is 6.92 Å². The van der Waals surface area contributed by atoms with Crippen molar-refractivity contribution in [3.05, 3.63) is 45.9 Å². The minimum absolute atomic E-state index is 0.293. The van der Waals surface area contributed by atoms with Gasteiger partial charge in [0, 0.05) is 17.3 Å². The van der Waals surface area contributed by atoms with Crippen molar-refractivity contribution in [1.29, 1.82) is 0 Å². The van der Waals surface area contributed by atoms with E-state index in [0.717, 1.165) is 10.6 Å². The number of nitrogens with one attached hydrogen (secondary N) is 1. The molecule has 0 aliphatic carbocycles. The molecule has 0 unspecified atom stereocenters. The lowest BCUT2D eigenvalue weighted by Crippen LogP contribution is -2.06. The van der Waals surface area contributed by atoms with Crippen LogP contribution in [0.15, 0.2) is 29.8 Å². The van der Waals surface area contributed by atoms with Gasteiger partial charge in [-0.3, -0.25) is 0 Å². The van der Waals surface area contributed by atoms with E-state index in [1.165, 1.54) is 11.3 Å². The molecule has 88 valence electrons. The summed E-state index contributed by atoms with van der Waals surface area (Å²) < 4.78 is 0. The van der Waals surface area contributed by atoms with Crippen molar-refractivity contribution in [2.24, 2.45) is 0 Å². The van der Waals surface area contributed by atoms with Crippen LogP contribution in [0.3, 0.4) is 0 Å². The van der Waals surface area contributed by atoms with Gasteiger partial charge in [0.1, 0.15) is 5.01 Å². The zero-order valence-electron chi connectivity index (χ0n) is 9.30. The second-order valence-electron chi connectivity index (χ2n) is 3.63. The Balaban J connectivity index is 2.17. The van der Waals surface area contributed by atoms with Crippen molar-refractivity contribution < 1.29 is 9.90 Å². The van der Waals surface area contributed by atoms with E-state index in [9.17, 15) is 4.79 Å². The maximum absolute atomic E-state index is 11.1. The molecule has 0 saturated carbocycles. The Morgan fingerprint density at radius 1 is 1.53 bits per heavy atom. The highest BCUT2D eigenvalue weighted by molar-refractivity contribution is 7.09. The Labute approximate surface area is 103 Å². The minimum atomic E-state index is -0.921. The van der Waals surface area contributed by atoms with Crippen molar-refractivity contribution >= 4 is 23.0 Å². The van der Waals surface area contributed by atoms with Crippen LogP contribution in [-0.2, 0) is 6.54 Å². The normalized spacial score (nSPS) is 10.2. The van der Waals surface area contributed by atoms with Crippen LogP contribution in [0.25, 0.3) is 0 Å². The van der Waals surface area contributed by atoms with Crippen molar-refractivity contribution in [1.82, 2.24) is 4.98 Å². The average Bonchev–Trinajstić information content (AvgIpc) is 2.80. The average molecular weight is 248 g/mol. The number of thiazole rings is 1. The Morgan fingerprint density at radius 2 is 2.35 bits per heavy atom. The van der Waals surface area contributed by atoms with Gasteiger partial charge in [-0.15, -0.1) is 11.3 Å². The van der Waals surface area contributed by atoms with Crippen LogP contribution in [0.5, 0.6) is 0 Å². The maximum Gasteiger partial charge on any atom is 0.337 e. The smallest absolute Gasteiger partial charge is 0.337 e. The number of hydrogen-bond acceptors (Lipinski definition) is 4. The van der Waals surface area contributed by atoms with E-state index in [1.807, 2.05) is 18.4 Å². The Hall–Kier alpha value is -1.88. The van der Waals surface area contributed by atoms with Crippen molar-refractivity contribution in [3.63, 3.8) is 0 Å². The number of carboxylic acids is 1. The molecule has 17 heavy (non-hydrogen) atoms. The number of aromatic carboxylic acids is 1. The van der Waals surface area contributed by atoms with E-state index in [-0.39, 0.29) is 0 Å². The number of hydrogen-bond donors (Lipinski definition) is 2. The Morgan fingerprint density at radius 3 is 3.00 bits per heavy atom. The molecule has 0 aliphatic rings. The van der Waals surface area contributed by atoms with Gasteiger partial charge in [0.15, 0.2) is 0 Å². The van der Waals surface area contributed by atoms with Gasteiger partial charge in [0.2, 0.25) is 0 Å². The van der Waals surface area contributed by atoms with Gasteiger partial charge < -0.3 is 10.4 Å². The first kappa shape index (κ1) is 11.6. The van der Waals surface area contributed by atoms with Gasteiger partial charge in [0.25, 0.3) is 0 Å². The Bertz CT molecular complexity index is 523. The number of carboxylic acid groups (broad SMARTS) is 1. The number of rotatable bonds is 4. The lowest BCUT2D eigenvalue weighted by Gasteiger charge is -2.08. The predicted octanol–water partition coefficient (Wildman–Crippen LogP) is 2.76. The van der Waals surface area contributed by atoms with E-state index in [1.54, 1.807) is 18.3 Å². The van der Waals surface area contributed by atoms with Crippen molar-refractivity contribution in [3.8, 4) is 0 Å². The summed E-state index contributed by atoms with van der Waals surface area (Å²) in [5, 5.41) is 15.0. The zero-order valence-corrected chi connectivity index (χ0v) is 10.1. The third-order valence-corrected chi connectivity index (χ3v) is 3.10. The summed E-state index contributed by atoms with van der Waals surface area (Å²) in [5.41, 5.74) is 1.85. The first-order chi connectivity index (χ1) is 8.16. The summed E-state index contributed by atoms with van der Waals surface area (Å²) in [5.74, 6) is -0.921. The first-order valence-corrected chi connectivity index (χ1v) is 6.01. The molecular formula is C12H12N2O2S. The summed E-state index contributed by atoms with van der Waals surface area (Å²) >= 11 is 1.54. The number of benzene rings is 1. The molecular weight excluding hydrogens is 236 g/mol. The summed E-state index contributed by atoms with van der Waals surface area (Å²) in [6.07, 6.45) is 1.73. The molecule has 0 fully saturated rings. The second kappa shape index (κ2) is 4.97. The molecule has 2 aromatic rings. The van der Waals surface area contributed by atoms with Crippen LogP contribution < -0.4 is 5.32 Å². The molecule has 2 N–H and O–H groups in total. The lowest BCUT2D eigenvalue weighted by atomic mass is 10.1. The lowest BCUT2D eigenvalue weighted by molar-refractivity contribution is 0.0698. The number of carbonyl (C=O) groups is 1. The van der Waals surface area contributed by atoms with Crippen LogP contribution in [0.4, 0.5) is 5.69 Å². The van der Waals surface area contributed by atoms with Crippen LogP contribution in [-0.4, -0.2) is 16.1 Å². The number of aromatic nitrogens is 1. The molecule has 5 heteroatoms. The molecule has 0 spiro atoms. The largest absolute Gasteiger partial charge is 0.478 e. The highest BCUT2D eigenvalue weighted by atomic mass is 32.1. The molecule has 2 rings (SSSR count). The van der Waals surface area contributed by atoms with Crippen LogP contribution in [0.1, 0.15) is 20.9 Å². The topological polar surface area (TPSA) is 62.2 Å². The number of aryl methyl sites for hydroxylation is 1. The Kier molecular flexibility index (Phi) is 3.39. The van der Waals surface area contributed by atoms with Crippen LogP contribution in [0.2, 0.25) is 0 Å². The predicted molar refractivity (Wildman–Crippen MR) is 67.6 cm³/mol. The quantitative estimate of drug-likeness (QED) is 0.873. The molecule has 0 aliphatic heterocycles. The molecule has 0 radical (unpaired) electrons. The van der Waals surface area contributed by atoms with Gasteiger partial charge >= 0.3 is 5.97 Å². The number of anilines is 1. The monoisotopic (exact) mass is 248 g/mol. The van der Waals surface area contributed by atoms with Gasteiger partial charge in [-0.05, 0) is 19.1 Å². The van der Waals surface area contributed by atoms with Gasteiger partial charge in [0.05, 0.1) is 12.1 Å². The third-order valence-electron chi connectivity index (χ3n) is 2.32. The fraction of sp³-hybridized carbons (Fsp3) is 0.167. The summed E-state index contributed by atoms with van der Waals surface area (Å²) in [7, 11) is 0. The molecule has 4 nitrogen and oxygen atoms in total. The van der Waals surface area contributed by atoms with Gasteiger partial charge in [-0.25, -0.2) is 9.78 Å². The maximum atomic E-state index is 11.1. The zero-order chi connectivity index (χ0) is 12.3. The third kappa shape index (κ3) is 2.82. The van der Waals surface area contributed by atoms with E-state index in [4.69, 9.17) is 5.11 Å². The highest BCUT2D eigenvalue weighted by Crippen LogP contribution is 2.18. The summed E-state index contributed by atoms with van der Waals surface area (Å²) in [6, 6.07) is 5.33. The van der Waals surface area contributed by atoms with Gasteiger partial charge in [-0.2, -0.15) is 0 Å². The molecule has 1 aromatic heterocycles. The van der Waals surface area contributed by atoms with Crippen molar-refractivity contribution in [2.75, 3.05) is 5.32 Å². The van der Waals surface area contributed by atoms with E-state index in [0.29, 0.717) is 17.8 Å². The SMILES string of the molecule is Cc1ccc(NCc2nccs2)c(C(=O)O)c1. The highest BCUT2D eigenvalue weighted by Gasteiger charge is 2.10. The van der Waals surface area contributed by atoms with E-state index in [2.05, 4.69) is 10.3 Å². The molecule has 0 bridgehead atoms. The molecule has 1 heterocycles. The van der Waals surface area contributed by atoms with Crippen molar-refractivity contribution in [2.45, 2.75) is 13.5 Å².